The average molecular weight is 258 g/mol. The van der Waals surface area contributed by atoms with Crippen molar-refractivity contribution in [3.05, 3.63) is 29.8 Å². The van der Waals surface area contributed by atoms with Crippen LogP contribution in [0.25, 0.3) is 0 Å². The van der Waals surface area contributed by atoms with Gasteiger partial charge in [0.1, 0.15) is 6.04 Å². The van der Waals surface area contributed by atoms with Crippen LogP contribution in [0.15, 0.2) is 24.3 Å². The predicted octanol–water partition coefficient (Wildman–Crippen LogP) is 2.56. The molecule has 2 fully saturated rings. The zero-order valence-electron chi connectivity index (χ0n) is 11.3. The quantitative estimate of drug-likeness (QED) is 0.726. The van der Waals surface area contributed by atoms with Gasteiger partial charge < -0.3 is 4.90 Å². The summed E-state index contributed by atoms with van der Waals surface area (Å²) in [5.41, 5.74) is 1.80. The molecule has 2 aliphatic rings. The number of hydrogen-bond donors (Lipinski definition) is 0. The summed E-state index contributed by atoms with van der Waals surface area (Å²) < 4.78 is 0. The van der Waals surface area contributed by atoms with Crippen LogP contribution < -0.4 is 4.90 Å². The van der Waals surface area contributed by atoms with Gasteiger partial charge in [-0.2, -0.15) is 0 Å². The van der Waals surface area contributed by atoms with Crippen LogP contribution in [0.5, 0.6) is 0 Å². The van der Waals surface area contributed by atoms with Gasteiger partial charge in [0.15, 0.2) is 0 Å². The number of anilines is 1. The van der Waals surface area contributed by atoms with Crippen molar-refractivity contribution in [1.29, 1.82) is 0 Å². The molecule has 3 amide bonds. The molecule has 0 saturated carbocycles. The van der Waals surface area contributed by atoms with Crippen molar-refractivity contribution in [1.82, 2.24) is 4.90 Å². The summed E-state index contributed by atoms with van der Waals surface area (Å²) in [5, 5.41) is 0. The molecule has 2 atom stereocenters. The van der Waals surface area contributed by atoms with Gasteiger partial charge in [0.25, 0.3) is 5.91 Å². The molecule has 4 heteroatoms. The molecule has 2 unspecified atom stereocenters. The van der Waals surface area contributed by atoms with Gasteiger partial charge in [0.05, 0.1) is 5.69 Å². The number of carbonyl (C=O) groups is 2. The molecule has 2 heterocycles. The van der Waals surface area contributed by atoms with E-state index in [0.717, 1.165) is 18.4 Å². The first kappa shape index (κ1) is 12.2. The normalized spacial score (nSPS) is 26.8. The number of piperidine rings is 1. The summed E-state index contributed by atoms with van der Waals surface area (Å²) in [6.45, 7) is 4.82. The molecule has 1 aromatic carbocycles. The first-order chi connectivity index (χ1) is 9.08. The fraction of sp³-hybridized carbons (Fsp3) is 0.467. The fourth-order valence-electron chi connectivity index (χ4n) is 2.91. The Hall–Kier alpha value is -1.84. The first-order valence-electron chi connectivity index (χ1n) is 6.79. The Morgan fingerprint density at radius 3 is 2.53 bits per heavy atom. The van der Waals surface area contributed by atoms with E-state index in [1.54, 1.807) is 4.90 Å². The topological polar surface area (TPSA) is 40.6 Å². The molecule has 0 N–H and O–H groups in total. The van der Waals surface area contributed by atoms with Crippen molar-refractivity contribution < 1.29 is 9.59 Å². The second kappa shape index (κ2) is 4.37. The van der Waals surface area contributed by atoms with Crippen LogP contribution in [0, 0.1) is 12.8 Å². The highest BCUT2D eigenvalue weighted by molar-refractivity contribution is 6.21. The molecule has 100 valence electrons. The smallest absolute Gasteiger partial charge is 0.312 e. The number of amides is 3. The maximum Gasteiger partial charge on any atom is 0.332 e. The first-order valence-corrected chi connectivity index (χ1v) is 6.79. The largest absolute Gasteiger partial charge is 0.332 e. The molecular formula is C15H18N2O2. The van der Waals surface area contributed by atoms with E-state index >= 15 is 0 Å². The van der Waals surface area contributed by atoms with Crippen LogP contribution in [0.2, 0.25) is 0 Å². The molecule has 4 nitrogen and oxygen atoms in total. The summed E-state index contributed by atoms with van der Waals surface area (Å²) in [6, 6.07) is 7.12. The molecule has 3 rings (SSSR count). The number of imide groups is 1. The molecule has 2 saturated heterocycles. The van der Waals surface area contributed by atoms with E-state index in [4.69, 9.17) is 0 Å². The molecule has 2 aliphatic heterocycles. The Labute approximate surface area is 113 Å². The third-order valence-electron chi connectivity index (χ3n) is 4.10. The average Bonchev–Trinajstić information content (AvgIpc) is 2.63. The maximum atomic E-state index is 12.4. The number of aryl methyl sites for hydroxylation is 1. The minimum Gasteiger partial charge on any atom is -0.312 e. The molecule has 0 radical (unpaired) electrons. The summed E-state index contributed by atoms with van der Waals surface area (Å²) in [6.07, 6.45) is 1.77. The SMILES string of the molecule is Cc1ccc(N2C(=O)C3CC(C)CCN3C2=O)cc1. The van der Waals surface area contributed by atoms with Crippen LogP contribution in [0.4, 0.5) is 10.5 Å². The second-order valence-corrected chi connectivity index (χ2v) is 5.63. The number of benzene rings is 1. The summed E-state index contributed by atoms with van der Waals surface area (Å²) in [7, 11) is 0. The Bertz CT molecular complexity index is 523. The van der Waals surface area contributed by atoms with E-state index in [2.05, 4.69) is 6.92 Å². The van der Waals surface area contributed by atoms with Gasteiger partial charge in [-0.15, -0.1) is 0 Å². The van der Waals surface area contributed by atoms with E-state index < -0.39 is 0 Å². The van der Waals surface area contributed by atoms with Crippen LogP contribution in [0.3, 0.4) is 0 Å². The van der Waals surface area contributed by atoms with E-state index in [0.29, 0.717) is 18.2 Å². The number of rotatable bonds is 1. The second-order valence-electron chi connectivity index (χ2n) is 5.63. The molecular weight excluding hydrogens is 240 g/mol. The lowest BCUT2D eigenvalue weighted by molar-refractivity contribution is -0.120. The third kappa shape index (κ3) is 1.91. The zero-order valence-corrected chi connectivity index (χ0v) is 11.3. The minimum atomic E-state index is -0.252. The van der Waals surface area contributed by atoms with Gasteiger partial charge in [-0.1, -0.05) is 24.6 Å². The van der Waals surface area contributed by atoms with Crippen molar-refractivity contribution in [3.63, 3.8) is 0 Å². The number of urea groups is 1. The Kier molecular flexibility index (Phi) is 2.81. The highest BCUT2D eigenvalue weighted by atomic mass is 16.2. The van der Waals surface area contributed by atoms with Gasteiger partial charge in [-0.05, 0) is 37.8 Å². The van der Waals surface area contributed by atoms with Crippen LogP contribution in [0.1, 0.15) is 25.3 Å². The lowest BCUT2D eigenvalue weighted by atomic mass is 9.93. The summed E-state index contributed by atoms with van der Waals surface area (Å²) in [4.78, 5) is 27.9. The van der Waals surface area contributed by atoms with E-state index in [9.17, 15) is 9.59 Å². The Balaban J connectivity index is 1.93. The molecule has 0 aromatic heterocycles. The fourth-order valence-corrected chi connectivity index (χ4v) is 2.91. The number of nitrogens with zero attached hydrogens (tertiary/aromatic N) is 2. The minimum absolute atomic E-state index is 0.0691. The lowest BCUT2D eigenvalue weighted by Crippen LogP contribution is -2.41. The molecule has 0 spiro atoms. The van der Waals surface area contributed by atoms with Gasteiger partial charge >= 0.3 is 6.03 Å². The van der Waals surface area contributed by atoms with Gasteiger partial charge in [0.2, 0.25) is 0 Å². The third-order valence-corrected chi connectivity index (χ3v) is 4.10. The number of hydrogen-bond acceptors (Lipinski definition) is 2. The Morgan fingerprint density at radius 1 is 1.16 bits per heavy atom. The maximum absolute atomic E-state index is 12.4. The lowest BCUT2D eigenvalue weighted by Gasteiger charge is -2.30. The van der Waals surface area contributed by atoms with Gasteiger partial charge in [0, 0.05) is 6.54 Å². The van der Waals surface area contributed by atoms with Crippen LogP contribution in [-0.2, 0) is 4.79 Å². The molecule has 0 aliphatic carbocycles. The van der Waals surface area contributed by atoms with Crippen LogP contribution in [-0.4, -0.2) is 29.4 Å². The van der Waals surface area contributed by atoms with Gasteiger partial charge in [-0.3, -0.25) is 4.79 Å². The van der Waals surface area contributed by atoms with Crippen molar-refractivity contribution in [2.75, 3.05) is 11.4 Å². The highest BCUT2D eigenvalue weighted by Crippen LogP contribution is 2.32. The van der Waals surface area contributed by atoms with E-state index in [1.807, 2.05) is 31.2 Å². The van der Waals surface area contributed by atoms with Crippen molar-refractivity contribution in [3.8, 4) is 0 Å². The number of fused-ring (bicyclic) bond motifs is 1. The van der Waals surface area contributed by atoms with Crippen molar-refractivity contribution >= 4 is 17.6 Å². The van der Waals surface area contributed by atoms with Crippen LogP contribution >= 0.6 is 0 Å². The summed E-state index contributed by atoms with van der Waals surface area (Å²) in [5.74, 6) is 0.441. The monoisotopic (exact) mass is 258 g/mol. The molecule has 1 aromatic rings. The zero-order chi connectivity index (χ0) is 13.6. The van der Waals surface area contributed by atoms with Crippen molar-refractivity contribution in [2.24, 2.45) is 5.92 Å². The Morgan fingerprint density at radius 2 is 1.84 bits per heavy atom. The van der Waals surface area contributed by atoms with E-state index in [1.165, 1.54) is 4.90 Å². The molecule has 19 heavy (non-hydrogen) atoms. The van der Waals surface area contributed by atoms with E-state index in [-0.39, 0.29) is 18.0 Å². The predicted molar refractivity (Wildman–Crippen MR) is 73.0 cm³/mol. The van der Waals surface area contributed by atoms with Crippen molar-refractivity contribution in [2.45, 2.75) is 32.7 Å². The molecule has 0 bridgehead atoms. The standard InChI is InChI=1S/C15H18N2O2/c1-10-3-5-12(6-4-10)17-14(18)13-9-11(2)7-8-16(13)15(17)19/h3-6,11,13H,7-9H2,1-2H3. The highest BCUT2D eigenvalue weighted by Gasteiger charge is 2.47. The summed E-state index contributed by atoms with van der Waals surface area (Å²) >= 11 is 0. The number of carbonyl (C=O) groups excluding carboxylic acids is 2. The van der Waals surface area contributed by atoms with Gasteiger partial charge in [-0.25, -0.2) is 9.69 Å².